The number of oxazole rings is 1. The van der Waals surface area contributed by atoms with Crippen molar-refractivity contribution in [2.75, 3.05) is 6.54 Å². The molecule has 1 amide bonds. The zero-order valence-corrected chi connectivity index (χ0v) is 18.0. The van der Waals surface area contributed by atoms with Crippen LogP contribution in [0.4, 0.5) is 0 Å². The second kappa shape index (κ2) is 8.82. The van der Waals surface area contributed by atoms with Crippen LogP contribution >= 0.6 is 0 Å². The van der Waals surface area contributed by atoms with E-state index in [9.17, 15) is 4.79 Å². The summed E-state index contributed by atoms with van der Waals surface area (Å²) in [7, 11) is 0. The molecule has 4 aromatic rings. The van der Waals surface area contributed by atoms with Crippen molar-refractivity contribution in [3.63, 3.8) is 0 Å². The molecule has 0 spiro atoms. The van der Waals surface area contributed by atoms with Crippen molar-refractivity contribution in [3.8, 4) is 11.3 Å². The zero-order chi connectivity index (χ0) is 21.9. The van der Waals surface area contributed by atoms with Gasteiger partial charge in [-0.2, -0.15) is 5.10 Å². The monoisotopic (exact) mass is 431 g/mol. The molecule has 8 nitrogen and oxygen atoms in total. The summed E-state index contributed by atoms with van der Waals surface area (Å²) in [5.74, 6) is 1.39. The summed E-state index contributed by atoms with van der Waals surface area (Å²) in [6.07, 6.45) is 8.80. The van der Waals surface area contributed by atoms with Crippen molar-refractivity contribution in [2.24, 2.45) is 0 Å². The minimum Gasteiger partial charge on any atom is -0.443 e. The third kappa shape index (κ3) is 4.08. The van der Waals surface area contributed by atoms with Gasteiger partial charge in [0.25, 0.3) is 5.91 Å². The average molecular weight is 431 g/mol. The molecule has 0 radical (unpaired) electrons. The van der Waals surface area contributed by atoms with E-state index in [0.717, 1.165) is 42.7 Å². The highest BCUT2D eigenvalue weighted by atomic mass is 16.5. The van der Waals surface area contributed by atoms with Crippen LogP contribution in [-0.2, 0) is 13.0 Å². The molecule has 0 aliphatic carbocycles. The second-order valence-corrected chi connectivity index (χ2v) is 8.00. The van der Waals surface area contributed by atoms with E-state index >= 15 is 0 Å². The van der Waals surface area contributed by atoms with E-state index in [1.165, 1.54) is 0 Å². The van der Waals surface area contributed by atoms with Gasteiger partial charge in [-0.25, -0.2) is 4.98 Å². The van der Waals surface area contributed by atoms with Crippen LogP contribution in [0.25, 0.3) is 11.3 Å². The summed E-state index contributed by atoms with van der Waals surface area (Å²) < 4.78 is 13.3. The van der Waals surface area contributed by atoms with Crippen LogP contribution in [0.5, 0.6) is 0 Å². The molecule has 1 aliphatic rings. The molecule has 1 aliphatic heterocycles. The van der Waals surface area contributed by atoms with E-state index < -0.39 is 0 Å². The standard InChI is InChI=1S/C24H25N5O3/c1-2-28-16-18(14-26-28)20-13-22(32-27-20)24(30)29-11-7-6-10-21(29)23-25-15-19(31-23)12-17-8-4-3-5-9-17/h3-5,8-9,13-16,21H,2,6-7,10-12H2,1H3/t21-/m0/s1. The summed E-state index contributed by atoms with van der Waals surface area (Å²) in [4.78, 5) is 19.6. The van der Waals surface area contributed by atoms with Gasteiger partial charge >= 0.3 is 0 Å². The molecule has 3 aromatic heterocycles. The van der Waals surface area contributed by atoms with E-state index in [4.69, 9.17) is 8.94 Å². The molecular formula is C24H25N5O3. The van der Waals surface area contributed by atoms with Gasteiger partial charge in [-0.15, -0.1) is 0 Å². The summed E-state index contributed by atoms with van der Waals surface area (Å²) >= 11 is 0. The van der Waals surface area contributed by atoms with Gasteiger partial charge in [0.05, 0.1) is 12.4 Å². The van der Waals surface area contributed by atoms with Crippen molar-refractivity contribution in [2.45, 2.75) is 45.2 Å². The number of likely N-dealkylation sites (tertiary alicyclic amines) is 1. The number of aryl methyl sites for hydroxylation is 1. The molecule has 4 heterocycles. The highest BCUT2D eigenvalue weighted by Crippen LogP contribution is 2.32. The van der Waals surface area contributed by atoms with Crippen LogP contribution < -0.4 is 0 Å². The van der Waals surface area contributed by atoms with Gasteiger partial charge < -0.3 is 13.8 Å². The average Bonchev–Trinajstić information content (AvgIpc) is 3.59. The quantitative estimate of drug-likeness (QED) is 0.446. The SMILES string of the molecule is CCn1cc(-c2cc(C(=O)N3CCCC[C@H]3c3ncc(Cc4ccccc4)o3)on2)cn1. The Morgan fingerprint density at radius 1 is 1.19 bits per heavy atom. The lowest BCUT2D eigenvalue weighted by Crippen LogP contribution is -2.38. The molecule has 164 valence electrons. The fraction of sp³-hybridized carbons (Fsp3) is 0.333. The maximum Gasteiger partial charge on any atom is 0.293 e. The van der Waals surface area contributed by atoms with Crippen molar-refractivity contribution >= 4 is 5.91 Å². The molecule has 0 unspecified atom stereocenters. The number of hydrogen-bond acceptors (Lipinski definition) is 6. The molecule has 0 saturated carbocycles. The predicted octanol–water partition coefficient (Wildman–Crippen LogP) is 4.50. The number of carbonyl (C=O) groups excluding carboxylic acids is 1. The number of benzene rings is 1. The lowest BCUT2D eigenvalue weighted by Gasteiger charge is -2.32. The number of piperidine rings is 1. The van der Waals surface area contributed by atoms with Crippen molar-refractivity contribution in [1.29, 1.82) is 0 Å². The molecule has 1 fully saturated rings. The number of aromatic nitrogens is 4. The normalized spacial score (nSPS) is 16.4. The summed E-state index contributed by atoms with van der Waals surface area (Å²) in [6.45, 7) is 3.41. The first-order valence-electron chi connectivity index (χ1n) is 11.0. The molecule has 8 heteroatoms. The Labute approximate surface area is 185 Å². The van der Waals surface area contributed by atoms with Gasteiger partial charge in [-0.1, -0.05) is 35.5 Å². The highest BCUT2D eigenvalue weighted by molar-refractivity contribution is 5.92. The van der Waals surface area contributed by atoms with Crippen LogP contribution in [0, 0.1) is 0 Å². The zero-order valence-electron chi connectivity index (χ0n) is 18.0. The Balaban J connectivity index is 1.34. The second-order valence-electron chi connectivity index (χ2n) is 8.00. The molecule has 5 rings (SSSR count). The Bertz CT molecular complexity index is 1190. The van der Waals surface area contributed by atoms with Crippen LogP contribution in [0.15, 0.2) is 63.9 Å². The molecule has 0 N–H and O–H groups in total. The Hall–Kier alpha value is -3.68. The number of carbonyl (C=O) groups is 1. The maximum atomic E-state index is 13.3. The van der Waals surface area contributed by atoms with Crippen molar-refractivity contribution in [1.82, 2.24) is 24.8 Å². The summed E-state index contributed by atoms with van der Waals surface area (Å²) in [6, 6.07) is 11.6. The molecular weight excluding hydrogens is 406 g/mol. The van der Waals surface area contributed by atoms with Gasteiger partial charge in [-0.05, 0) is 31.7 Å². The maximum absolute atomic E-state index is 13.3. The number of nitrogens with zero attached hydrogens (tertiary/aromatic N) is 5. The lowest BCUT2D eigenvalue weighted by molar-refractivity contribution is 0.0528. The van der Waals surface area contributed by atoms with E-state index in [0.29, 0.717) is 24.6 Å². The van der Waals surface area contributed by atoms with E-state index in [-0.39, 0.29) is 17.7 Å². The van der Waals surface area contributed by atoms with Crippen molar-refractivity contribution in [3.05, 3.63) is 78.0 Å². The van der Waals surface area contributed by atoms with Crippen LogP contribution in [0.1, 0.15) is 60.0 Å². The number of hydrogen-bond donors (Lipinski definition) is 0. The topological polar surface area (TPSA) is 90.2 Å². The smallest absolute Gasteiger partial charge is 0.293 e. The largest absolute Gasteiger partial charge is 0.443 e. The Kier molecular flexibility index (Phi) is 5.58. The summed E-state index contributed by atoms with van der Waals surface area (Å²) in [5, 5.41) is 8.34. The van der Waals surface area contributed by atoms with Crippen molar-refractivity contribution < 1.29 is 13.7 Å². The fourth-order valence-electron chi connectivity index (χ4n) is 4.11. The van der Waals surface area contributed by atoms with Gasteiger partial charge in [0.1, 0.15) is 17.5 Å². The van der Waals surface area contributed by atoms with Gasteiger partial charge in [0.15, 0.2) is 0 Å². The first-order chi connectivity index (χ1) is 15.7. The van der Waals surface area contributed by atoms with E-state index in [2.05, 4.69) is 27.4 Å². The molecule has 0 bridgehead atoms. The van der Waals surface area contributed by atoms with Crippen LogP contribution in [0.2, 0.25) is 0 Å². The number of rotatable bonds is 6. The molecule has 1 saturated heterocycles. The van der Waals surface area contributed by atoms with Crippen LogP contribution in [-0.4, -0.2) is 37.3 Å². The highest BCUT2D eigenvalue weighted by Gasteiger charge is 2.34. The molecule has 1 atom stereocenters. The fourth-order valence-corrected chi connectivity index (χ4v) is 4.11. The first-order valence-corrected chi connectivity index (χ1v) is 11.0. The Morgan fingerprint density at radius 3 is 2.88 bits per heavy atom. The third-order valence-electron chi connectivity index (χ3n) is 5.82. The third-order valence-corrected chi connectivity index (χ3v) is 5.82. The molecule has 1 aromatic carbocycles. The predicted molar refractivity (Wildman–Crippen MR) is 117 cm³/mol. The minimum atomic E-state index is -0.211. The van der Waals surface area contributed by atoms with E-state index in [1.54, 1.807) is 23.4 Å². The van der Waals surface area contributed by atoms with Crippen LogP contribution in [0.3, 0.4) is 0 Å². The van der Waals surface area contributed by atoms with E-state index in [1.807, 2.05) is 36.0 Å². The minimum absolute atomic E-state index is 0.195. The lowest BCUT2D eigenvalue weighted by atomic mass is 10.0. The van der Waals surface area contributed by atoms with Gasteiger partial charge in [-0.3, -0.25) is 9.48 Å². The first kappa shape index (κ1) is 20.2. The number of amides is 1. The Morgan fingerprint density at radius 2 is 2.06 bits per heavy atom. The van der Waals surface area contributed by atoms with Gasteiger partial charge in [0, 0.05) is 37.3 Å². The van der Waals surface area contributed by atoms with Gasteiger partial charge in [0.2, 0.25) is 11.7 Å². The molecule has 32 heavy (non-hydrogen) atoms. The summed E-state index contributed by atoms with van der Waals surface area (Å²) in [5.41, 5.74) is 2.58.